The van der Waals surface area contributed by atoms with E-state index >= 15 is 4.39 Å². The van der Waals surface area contributed by atoms with Crippen molar-refractivity contribution < 1.29 is 18.5 Å². The summed E-state index contributed by atoms with van der Waals surface area (Å²) >= 11 is 0. The predicted octanol–water partition coefficient (Wildman–Crippen LogP) is 3.49. The van der Waals surface area contributed by atoms with E-state index in [4.69, 9.17) is 0 Å². The van der Waals surface area contributed by atoms with Gasteiger partial charge in [-0.3, -0.25) is 9.00 Å². The summed E-state index contributed by atoms with van der Waals surface area (Å²) in [6, 6.07) is 0. The average molecular weight is 381 g/mol. The summed E-state index contributed by atoms with van der Waals surface area (Å²) in [5.41, 5.74) is -2.24. The molecule has 0 heterocycles. The third-order valence-corrected chi connectivity index (χ3v) is 10.7. The summed E-state index contributed by atoms with van der Waals surface area (Å²) in [7, 11) is -1.03. The minimum atomic E-state index is -1.78. The van der Waals surface area contributed by atoms with Crippen LogP contribution in [0.15, 0.2) is 23.8 Å². The van der Waals surface area contributed by atoms with Crippen molar-refractivity contribution in [2.24, 2.45) is 22.7 Å². The quantitative estimate of drug-likeness (QED) is 0.758. The van der Waals surface area contributed by atoms with Gasteiger partial charge in [0.05, 0.1) is 6.10 Å². The molecule has 1 N–H and O–H groups in total. The molecular weight excluding hydrogens is 351 g/mol. The van der Waals surface area contributed by atoms with Crippen molar-refractivity contribution in [1.82, 2.24) is 0 Å². The molecule has 3 saturated carbocycles. The Balaban J connectivity index is 1.83. The van der Waals surface area contributed by atoms with E-state index in [9.17, 15) is 14.1 Å². The first-order chi connectivity index (χ1) is 12.0. The van der Waals surface area contributed by atoms with Gasteiger partial charge in [-0.05, 0) is 69.4 Å². The molecule has 0 aliphatic heterocycles. The molecule has 8 atom stereocenters. The molecule has 4 rings (SSSR count). The fourth-order valence-corrected chi connectivity index (χ4v) is 8.18. The number of alkyl halides is 1. The van der Waals surface area contributed by atoms with E-state index < -0.39 is 32.7 Å². The number of fused-ring (bicyclic) bond motifs is 5. The number of allylic oxidation sites excluding steroid dienone is 4. The summed E-state index contributed by atoms with van der Waals surface area (Å²) < 4.78 is 29.0. The van der Waals surface area contributed by atoms with Gasteiger partial charge in [-0.25, -0.2) is 4.39 Å². The monoisotopic (exact) mass is 380 g/mol. The van der Waals surface area contributed by atoms with Crippen LogP contribution in [0.4, 0.5) is 4.39 Å². The van der Waals surface area contributed by atoms with E-state index in [-0.39, 0.29) is 23.0 Å². The van der Waals surface area contributed by atoms with E-state index in [2.05, 4.69) is 13.8 Å². The highest BCUT2D eigenvalue weighted by Crippen LogP contribution is 2.70. The van der Waals surface area contributed by atoms with E-state index in [1.165, 1.54) is 6.08 Å². The first kappa shape index (κ1) is 18.5. The predicted molar refractivity (Wildman–Crippen MR) is 101 cm³/mol. The second-order valence-corrected chi connectivity index (χ2v) is 11.3. The molecule has 1 unspecified atom stereocenters. The van der Waals surface area contributed by atoms with E-state index in [0.717, 1.165) is 18.4 Å². The van der Waals surface area contributed by atoms with Gasteiger partial charge in [0.2, 0.25) is 0 Å². The van der Waals surface area contributed by atoms with Crippen molar-refractivity contribution in [2.75, 3.05) is 6.26 Å². The van der Waals surface area contributed by atoms with Crippen LogP contribution in [0.1, 0.15) is 52.9 Å². The Kier molecular flexibility index (Phi) is 3.84. The lowest BCUT2D eigenvalue weighted by Gasteiger charge is -2.63. The summed E-state index contributed by atoms with van der Waals surface area (Å²) in [5.74, 6) is -0.264. The summed E-state index contributed by atoms with van der Waals surface area (Å²) in [5, 5.41) is 11.1. The summed E-state index contributed by atoms with van der Waals surface area (Å²) in [6.45, 7) is 6.00. The molecule has 0 saturated heterocycles. The Morgan fingerprint density at radius 3 is 2.58 bits per heavy atom. The van der Waals surface area contributed by atoms with Gasteiger partial charge in [0.25, 0.3) is 0 Å². The van der Waals surface area contributed by atoms with Gasteiger partial charge < -0.3 is 5.11 Å². The SMILES string of the molecule is CS(=O)[C@]1(C)CC[C@H]2[C@@H]3CCC4=CC(=O)C=C[C@]4(C)[C@@]3(F)[C@@H](O)C[C@@]21C. The number of carbonyl (C=O) groups excluding carboxylic acids is 1. The third kappa shape index (κ3) is 1.92. The van der Waals surface area contributed by atoms with Crippen molar-refractivity contribution in [3.8, 4) is 0 Å². The first-order valence-electron chi connectivity index (χ1n) is 9.65. The van der Waals surface area contributed by atoms with Crippen LogP contribution in [-0.4, -0.2) is 37.9 Å². The molecule has 0 amide bonds. The van der Waals surface area contributed by atoms with Crippen molar-refractivity contribution >= 4 is 16.6 Å². The van der Waals surface area contributed by atoms with Crippen LogP contribution in [-0.2, 0) is 15.6 Å². The van der Waals surface area contributed by atoms with Crippen LogP contribution in [0.5, 0.6) is 0 Å². The maximum Gasteiger partial charge on any atom is 0.178 e. The zero-order valence-corrected chi connectivity index (χ0v) is 16.9. The van der Waals surface area contributed by atoms with Gasteiger partial charge in [0.15, 0.2) is 11.5 Å². The number of carbonyl (C=O) groups is 1. The molecule has 0 spiro atoms. The molecule has 4 aliphatic carbocycles. The Morgan fingerprint density at radius 1 is 1.23 bits per heavy atom. The van der Waals surface area contributed by atoms with Crippen LogP contribution < -0.4 is 0 Å². The van der Waals surface area contributed by atoms with Crippen LogP contribution in [0.3, 0.4) is 0 Å². The zero-order chi connectivity index (χ0) is 19.1. The lowest BCUT2D eigenvalue weighted by atomic mass is 9.45. The molecule has 3 fully saturated rings. The third-order valence-electron chi connectivity index (χ3n) is 8.81. The van der Waals surface area contributed by atoms with Crippen molar-refractivity contribution in [1.29, 1.82) is 0 Å². The standard InChI is InChI=1S/C21H29FO3S/c1-18-9-7-14(23)11-13(18)5-6-16-15-8-10-20(3,26(4)25)19(15,2)12-17(24)21(16,18)22/h7,9,11,15-17,24H,5-6,8,10,12H2,1-4H3/t15-,16-,17-,18-,19-,20+,21-,26?/m0/s1. The van der Waals surface area contributed by atoms with Gasteiger partial charge in [-0.1, -0.05) is 18.6 Å². The molecule has 0 aromatic heterocycles. The molecule has 0 aromatic rings. The molecule has 26 heavy (non-hydrogen) atoms. The van der Waals surface area contributed by atoms with Gasteiger partial charge in [-0.15, -0.1) is 0 Å². The Morgan fingerprint density at radius 2 is 1.92 bits per heavy atom. The average Bonchev–Trinajstić information content (AvgIpc) is 2.83. The molecule has 0 radical (unpaired) electrons. The van der Waals surface area contributed by atoms with Crippen LogP contribution >= 0.6 is 0 Å². The number of rotatable bonds is 1. The number of hydrogen-bond donors (Lipinski definition) is 1. The Bertz CT molecular complexity index is 760. The van der Waals surface area contributed by atoms with E-state index in [1.807, 2.05) is 6.92 Å². The molecule has 0 aromatic carbocycles. The normalized spacial score (nSPS) is 54.2. The minimum Gasteiger partial charge on any atom is -0.390 e. The lowest BCUT2D eigenvalue weighted by molar-refractivity contribution is -0.192. The number of aliphatic hydroxyl groups excluding tert-OH is 1. The summed E-state index contributed by atoms with van der Waals surface area (Å²) in [6.07, 6.45) is 8.65. The number of aliphatic hydroxyl groups is 1. The largest absolute Gasteiger partial charge is 0.390 e. The fourth-order valence-electron chi connectivity index (χ4n) is 6.89. The van der Waals surface area contributed by atoms with Gasteiger partial charge in [0.1, 0.15) is 0 Å². The Hall–Kier alpha value is -0.810. The van der Waals surface area contributed by atoms with Crippen molar-refractivity contribution in [3.05, 3.63) is 23.8 Å². The maximum atomic E-state index is 16.8. The zero-order valence-electron chi connectivity index (χ0n) is 16.0. The van der Waals surface area contributed by atoms with Crippen LogP contribution in [0.2, 0.25) is 0 Å². The molecule has 0 bridgehead atoms. The molecular formula is C21H29FO3S. The molecule has 144 valence electrons. The lowest BCUT2D eigenvalue weighted by Crippen LogP contribution is -2.68. The highest BCUT2D eigenvalue weighted by molar-refractivity contribution is 7.85. The van der Waals surface area contributed by atoms with Crippen LogP contribution in [0.25, 0.3) is 0 Å². The molecule has 3 nitrogen and oxygen atoms in total. The van der Waals surface area contributed by atoms with Crippen molar-refractivity contribution in [2.45, 2.75) is 69.4 Å². The minimum absolute atomic E-state index is 0.0931. The fraction of sp³-hybridized carbons (Fsp3) is 0.762. The number of hydrogen-bond acceptors (Lipinski definition) is 3. The van der Waals surface area contributed by atoms with Crippen LogP contribution in [0, 0.1) is 22.7 Å². The first-order valence-corrected chi connectivity index (χ1v) is 11.2. The maximum absolute atomic E-state index is 16.8. The van der Waals surface area contributed by atoms with Gasteiger partial charge in [-0.2, -0.15) is 0 Å². The molecule has 4 aliphatic rings. The highest BCUT2D eigenvalue weighted by atomic mass is 32.2. The topological polar surface area (TPSA) is 54.4 Å². The molecule has 5 heteroatoms. The van der Waals surface area contributed by atoms with Crippen molar-refractivity contribution in [3.63, 3.8) is 0 Å². The second kappa shape index (κ2) is 5.38. The smallest absolute Gasteiger partial charge is 0.178 e. The highest BCUT2D eigenvalue weighted by Gasteiger charge is 2.72. The van der Waals surface area contributed by atoms with E-state index in [0.29, 0.717) is 19.3 Å². The Labute approximate surface area is 157 Å². The summed E-state index contributed by atoms with van der Waals surface area (Å²) in [4.78, 5) is 11.8. The number of halogens is 1. The number of ketones is 1. The van der Waals surface area contributed by atoms with Gasteiger partial charge >= 0.3 is 0 Å². The van der Waals surface area contributed by atoms with E-state index in [1.54, 1.807) is 18.4 Å². The second-order valence-electron chi connectivity index (χ2n) is 9.49. The van der Waals surface area contributed by atoms with Gasteiger partial charge in [0, 0.05) is 33.1 Å².